The number of nitrogens with one attached hydrogen (secondary N) is 1. The molecule has 0 bridgehead atoms. The summed E-state index contributed by atoms with van der Waals surface area (Å²) in [5.41, 5.74) is 8.94. The van der Waals surface area contributed by atoms with E-state index in [2.05, 4.69) is 0 Å². The first-order valence-corrected chi connectivity index (χ1v) is 5.96. The van der Waals surface area contributed by atoms with Gasteiger partial charge in [0.1, 0.15) is 0 Å². The number of hydrazine groups is 1. The number of alkyl halides is 2. The third-order valence-corrected chi connectivity index (χ3v) is 3.27. The van der Waals surface area contributed by atoms with Crippen LogP contribution in [0.4, 0.5) is 20.2 Å². The number of carbonyl (C=O) groups is 1. The molecule has 1 aliphatic rings. The average Bonchev–Trinajstić information content (AvgIpc) is 2.39. The van der Waals surface area contributed by atoms with E-state index >= 15 is 0 Å². The lowest BCUT2D eigenvalue weighted by Crippen LogP contribution is -2.39. The Morgan fingerprint density at radius 2 is 1.95 bits per heavy atom. The molecule has 2 rings (SSSR count). The highest BCUT2D eigenvalue weighted by Crippen LogP contribution is 2.31. The van der Waals surface area contributed by atoms with E-state index in [-0.39, 0.29) is 31.5 Å². The lowest BCUT2D eigenvalue weighted by molar-refractivity contribution is -0.0220. The SMILES string of the molecule is NNC(=O)c1cc(N2CCC(F)(F)CC2)ccc1N. The van der Waals surface area contributed by atoms with Gasteiger partial charge in [0.2, 0.25) is 0 Å². The van der Waals surface area contributed by atoms with Gasteiger partial charge in [-0.15, -0.1) is 0 Å². The predicted molar refractivity (Wildman–Crippen MR) is 68.9 cm³/mol. The van der Waals surface area contributed by atoms with Crippen molar-refractivity contribution in [1.29, 1.82) is 0 Å². The molecule has 0 aromatic heterocycles. The number of nitrogens with two attached hydrogens (primary N) is 2. The summed E-state index contributed by atoms with van der Waals surface area (Å²) >= 11 is 0. The average molecular weight is 270 g/mol. The van der Waals surface area contributed by atoms with Crippen LogP contribution in [0.1, 0.15) is 23.2 Å². The van der Waals surface area contributed by atoms with Crippen LogP contribution in [0.5, 0.6) is 0 Å². The molecule has 1 amide bonds. The normalized spacial score (nSPS) is 18.2. The van der Waals surface area contributed by atoms with Crippen LogP contribution < -0.4 is 21.9 Å². The fraction of sp³-hybridized carbons (Fsp3) is 0.417. The van der Waals surface area contributed by atoms with Gasteiger partial charge in [-0.1, -0.05) is 0 Å². The second-order valence-electron chi connectivity index (χ2n) is 4.59. The van der Waals surface area contributed by atoms with E-state index in [1.165, 1.54) is 0 Å². The van der Waals surface area contributed by atoms with Crippen LogP contribution in [0.15, 0.2) is 18.2 Å². The number of hydrogen-bond acceptors (Lipinski definition) is 4. The molecular formula is C12H16F2N4O. The van der Waals surface area contributed by atoms with Crippen molar-refractivity contribution in [3.8, 4) is 0 Å². The third-order valence-electron chi connectivity index (χ3n) is 3.27. The third kappa shape index (κ3) is 2.93. The molecule has 1 heterocycles. The van der Waals surface area contributed by atoms with Crippen LogP contribution in [0.2, 0.25) is 0 Å². The number of halogens is 2. The van der Waals surface area contributed by atoms with Crippen molar-refractivity contribution in [1.82, 2.24) is 5.43 Å². The number of benzene rings is 1. The fourth-order valence-corrected chi connectivity index (χ4v) is 2.11. The van der Waals surface area contributed by atoms with E-state index in [4.69, 9.17) is 11.6 Å². The number of hydrogen-bond donors (Lipinski definition) is 3. The summed E-state index contributed by atoms with van der Waals surface area (Å²) in [6, 6.07) is 4.86. The highest BCUT2D eigenvalue weighted by Gasteiger charge is 2.34. The summed E-state index contributed by atoms with van der Waals surface area (Å²) in [5, 5.41) is 0. The van der Waals surface area contributed by atoms with Crippen LogP contribution >= 0.6 is 0 Å². The lowest BCUT2D eigenvalue weighted by Gasteiger charge is -2.33. The van der Waals surface area contributed by atoms with Gasteiger partial charge in [0.05, 0.1) is 5.56 Å². The molecule has 0 radical (unpaired) electrons. The molecule has 0 aliphatic carbocycles. The van der Waals surface area contributed by atoms with Gasteiger partial charge in [0.15, 0.2) is 0 Å². The molecule has 5 nitrogen and oxygen atoms in total. The van der Waals surface area contributed by atoms with Gasteiger partial charge in [0.25, 0.3) is 11.8 Å². The number of nitrogens with zero attached hydrogens (tertiary/aromatic N) is 1. The van der Waals surface area contributed by atoms with Gasteiger partial charge in [-0.3, -0.25) is 10.2 Å². The zero-order chi connectivity index (χ0) is 14.0. The Morgan fingerprint density at radius 3 is 2.53 bits per heavy atom. The van der Waals surface area contributed by atoms with E-state index in [0.29, 0.717) is 11.4 Å². The molecule has 1 aromatic carbocycles. The predicted octanol–water partition coefficient (Wildman–Crippen LogP) is 1.11. The van der Waals surface area contributed by atoms with Crippen molar-refractivity contribution >= 4 is 17.3 Å². The Kier molecular flexibility index (Phi) is 3.57. The molecular weight excluding hydrogens is 254 g/mol. The van der Waals surface area contributed by atoms with Crippen LogP contribution in [0.3, 0.4) is 0 Å². The zero-order valence-corrected chi connectivity index (χ0v) is 10.3. The van der Waals surface area contributed by atoms with E-state index in [1.807, 2.05) is 10.3 Å². The number of anilines is 2. The maximum atomic E-state index is 13.1. The Morgan fingerprint density at radius 1 is 1.32 bits per heavy atom. The summed E-state index contributed by atoms with van der Waals surface area (Å²) in [5.74, 6) is 1.98. The van der Waals surface area contributed by atoms with E-state index in [9.17, 15) is 13.6 Å². The van der Waals surface area contributed by atoms with Crippen molar-refractivity contribution in [3.63, 3.8) is 0 Å². The van der Waals surface area contributed by atoms with E-state index < -0.39 is 11.8 Å². The van der Waals surface area contributed by atoms with Gasteiger partial charge in [-0.05, 0) is 18.2 Å². The van der Waals surface area contributed by atoms with Crippen molar-refractivity contribution < 1.29 is 13.6 Å². The molecule has 1 aliphatic heterocycles. The maximum absolute atomic E-state index is 13.1. The summed E-state index contributed by atoms with van der Waals surface area (Å²) in [4.78, 5) is 13.3. The Balaban J connectivity index is 2.20. The van der Waals surface area contributed by atoms with Crippen LogP contribution in [-0.2, 0) is 0 Å². The summed E-state index contributed by atoms with van der Waals surface area (Å²) in [6.07, 6.45) is -0.369. The number of nitrogen functional groups attached to an aromatic ring is 2. The molecule has 0 saturated carbocycles. The summed E-state index contributed by atoms with van der Waals surface area (Å²) < 4.78 is 26.2. The quantitative estimate of drug-likeness (QED) is 0.325. The number of rotatable bonds is 2. The standard InChI is InChI=1S/C12H16F2N4O/c13-12(14)3-5-18(6-4-12)8-1-2-10(15)9(7-8)11(19)17-16/h1-2,7H,3-6,15-16H2,(H,17,19). The van der Waals surface area contributed by atoms with Gasteiger partial charge < -0.3 is 10.6 Å². The first-order valence-electron chi connectivity index (χ1n) is 5.96. The molecule has 0 atom stereocenters. The summed E-state index contributed by atoms with van der Waals surface area (Å²) in [7, 11) is 0. The van der Waals surface area contributed by atoms with E-state index in [0.717, 1.165) is 0 Å². The van der Waals surface area contributed by atoms with Crippen LogP contribution in [0, 0.1) is 0 Å². The first-order chi connectivity index (χ1) is 8.93. The van der Waals surface area contributed by atoms with Gasteiger partial charge in [-0.2, -0.15) is 0 Å². The molecule has 19 heavy (non-hydrogen) atoms. The second kappa shape index (κ2) is 5.00. The molecule has 0 unspecified atom stereocenters. The second-order valence-corrected chi connectivity index (χ2v) is 4.59. The molecule has 1 fully saturated rings. The topological polar surface area (TPSA) is 84.4 Å². The Bertz CT molecular complexity index is 483. The Labute approximate surface area is 109 Å². The minimum atomic E-state index is -2.60. The van der Waals surface area contributed by atoms with Crippen molar-refractivity contribution in [2.45, 2.75) is 18.8 Å². The molecule has 0 spiro atoms. The molecule has 104 valence electrons. The highest BCUT2D eigenvalue weighted by atomic mass is 19.3. The zero-order valence-electron chi connectivity index (χ0n) is 10.3. The molecule has 1 aromatic rings. The molecule has 5 N–H and O–H groups in total. The van der Waals surface area contributed by atoms with Crippen LogP contribution in [-0.4, -0.2) is 24.9 Å². The summed E-state index contributed by atoms with van der Waals surface area (Å²) in [6.45, 7) is 0.501. The van der Waals surface area contributed by atoms with Gasteiger partial charge >= 0.3 is 0 Å². The minimum Gasteiger partial charge on any atom is -0.398 e. The monoisotopic (exact) mass is 270 g/mol. The lowest BCUT2D eigenvalue weighted by atomic mass is 10.0. The molecule has 7 heteroatoms. The highest BCUT2D eigenvalue weighted by molar-refractivity contribution is 5.99. The smallest absolute Gasteiger partial charge is 0.267 e. The van der Waals surface area contributed by atoms with Crippen LogP contribution in [0.25, 0.3) is 0 Å². The van der Waals surface area contributed by atoms with Gasteiger partial charge in [0, 0.05) is 37.3 Å². The number of piperidine rings is 1. The Hall–Kier alpha value is -1.89. The fourth-order valence-electron chi connectivity index (χ4n) is 2.11. The van der Waals surface area contributed by atoms with Crippen molar-refractivity contribution in [3.05, 3.63) is 23.8 Å². The first kappa shape index (κ1) is 13.5. The van der Waals surface area contributed by atoms with E-state index in [1.54, 1.807) is 18.2 Å². The van der Waals surface area contributed by atoms with Crippen molar-refractivity contribution in [2.24, 2.45) is 5.84 Å². The minimum absolute atomic E-state index is 0.185. The maximum Gasteiger partial charge on any atom is 0.267 e. The molecule has 1 saturated heterocycles. The number of carbonyl (C=O) groups excluding carboxylic acids is 1. The number of amides is 1. The van der Waals surface area contributed by atoms with Gasteiger partial charge in [-0.25, -0.2) is 14.6 Å². The van der Waals surface area contributed by atoms with Crippen molar-refractivity contribution in [2.75, 3.05) is 23.7 Å². The largest absolute Gasteiger partial charge is 0.398 e.